The van der Waals surface area contributed by atoms with Crippen molar-refractivity contribution >= 4 is 39.1 Å². The maximum Gasteiger partial charge on any atom is 0.318 e. The zero-order valence-corrected chi connectivity index (χ0v) is 26.4. The van der Waals surface area contributed by atoms with Gasteiger partial charge in [-0.25, -0.2) is 13.2 Å². The fraction of sp³-hybridized carbons (Fsp3) is 0.194. The molecule has 3 N–H and O–H groups in total. The number of amides is 3. The Labute approximate surface area is 269 Å². The van der Waals surface area contributed by atoms with Crippen molar-refractivity contribution in [3.05, 3.63) is 127 Å². The molecular formula is C36H37N5O4S. The average Bonchev–Trinajstić information content (AvgIpc) is 3.09. The van der Waals surface area contributed by atoms with Crippen LogP contribution in [0.5, 0.6) is 0 Å². The number of benzene rings is 4. The molecule has 0 aliphatic carbocycles. The highest BCUT2D eigenvalue weighted by molar-refractivity contribution is 7.89. The molecule has 6 rings (SSSR count). The molecule has 9 nitrogen and oxygen atoms in total. The van der Waals surface area contributed by atoms with Crippen LogP contribution in [-0.2, 0) is 14.8 Å². The standard InChI is InChI=1S/C34H33N3O2S.C2H4N2O2/c1-26(27-12-4-2-5-13-27)24-30-25-36(32-19-9-8-18-31(32)28-14-6-3-7-15-28)22-23-37(30)40(38,39)33-20-10-16-29-17-11-21-35-34(29)33;3-2(6)4-1-5/h2-21,26,30H,22-25H2,1H3;1H,(H3,3,4,5,6). The number of hydrogen-bond donors (Lipinski definition) is 2. The highest BCUT2D eigenvalue weighted by Gasteiger charge is 2.38. The molecule has 1 aromatic heterocycles. The topological polar surface area (TPSA) is 126 Å². The van der Waals surface area contributed by atoms with E-state index >= 15 is 0 Å². The Balaban J connectivity index is 0.000000635. The van der Waals surface area contributed by atoms with Crippen LogP contribution in [0.2, 0.25) is 0 Å². The van der Waals surface area contributed by atoms with E-state index in [9.17, 15) is 18.0 Å². The molecule has 1 fully saturated rings. The Morgan fingerprint density at radius 1 is 0.913 bits per heavy atom. The van der Waals surface area contributed by atoms with E-state index in [-0.39, 0.29) is 23.3 Å². The molecule has 10 heteroatoms. The first kappa shape index (κ1) is 32.3. The van der Waals surface area contributed by atoms with Crippen LogP contribution < -0.4 is 16.0 Å². The first-order valence-corrected chi connectivity index (χ1v) is 16.5. The summed E-state index contributed by atoms with van der Waals surface area (Å²) >= 11 is 0. The fourth-order valence-corrected chi connectivity index (χ4v) is 7.76. The second-order valence-corrected chi connectivity index (χ2v) is 13.0. The lowest BCUT2D eigenvalue weighted by atomic mass is 9.92. The van der Waals surface area contributed by atoms with E-state index < -0.39 is 16.1 Å². The number of aromatic nitrogens is 1. The number of nitrogens with one attached hydrogen (secondary N) is 1. The van der Waals surface area contributed by atoms with Gasteiger partial charge in [-0.15, -0.1) is 0 Å². The summed E-state index contributed by atoms with van der Waals surface area (Å²) in [5.74, 6) is 0.193. The number of urea groups is 1. The molecule has 0 bridgehead atoms. The molecule has 1 aliphatic rings. The summed E-state index contributed by atoms with van der Waals surface area (Å²) in [6, 6.07) is 37.3. The van der Waals surface area contributed by atoms with Crippen molar-refractivity contribution < 1.29 is 18.0 Å². The summed E-state index contributed by atoms with van der Waals surface area (Å²) in [4.78, 5) is 25.8. The number of anilines is 1. The van der Waals surface area contributed by atoms with Crippen molar-refractivity contribution in [2.24, 2.45) is 5.73 Å². The Bertz CT molecular complexity index is 1880. The molecule has 0 radical (unpaired) electrons. The van der Waals surface area contributed by atoms with Crippen molar-refractivity contribution in [3.63, 3.8) is 0 Å². The first-order chi connectivity index (χ1) is 22.3. The predicted molar refractivity (Wildman–Crippen MR) is 182 cm³/mol. The Morgan fingerprint density at radius 2 is 1.59 bits per heavy atom. The van der Waals surface area contributed by atoms with Crippen LogP contribution in [0.15, 0.2) is 126 Å². The Kier molecular flexibility index (Phi) is 10.4. The molecule has 1 aliphatic heterocycles. The number of hydrogen-bond acceptors (Lipinski definition) is 6. The smallest absolute Gasteiger partial charge is 0.318 e. The highest BCUT2D eigenvalue weighted by Crippen LogP contribution is 2.36. The van der Waals surface area contributed by atoms with E-state index in [0.717, 1.165) is 22.2 Å². The molecule has 4 aromatic carbocycles. The lowest BCUT2D eigenvalue weighted by Crippen LogP contribution is -2.55. The molecule has 0 spiro atoms. The van der Waals surface area contributed by atoms with Crippen molar-refractivity contribution in [3.8, 4) is 11.1 Å². The van der Waals surface area contributed by atoms with Crippen LogP contribution in [0.25, 0.3) is 22.0 Å². The van der Waals surface area contributed by atoms with E-state index in [1.807, 2.05) is 48.5 Å². The second kappa shape index (κ2) is 14.8. The lowest BCUT2D eigenvalue weighted by molar-refractivity contribution is -0.108. The highest BCUT2D eigenvalue weighted by atomic mass is 32.2. The SMILES string of the molecule is CC(CC1CN(c2ccccc2-c2ccccc2)CCN1S(=O)(=O)c1cccc2cccnc12)c1ccccc1.NC(=O)NC=O. The number of pyridine rings is 1. The van der Waals surface area contributed by atoms with E-state index in [1.165, 1.54) is 5.56 Å². The summed E-state index contributed by atoms with van der Waals surface area (Å²) in [6.07, 6.45) is 2.60. The number of fused-ring (bicyclic) bond motifs is 1. The third-order valence-electron chi connectivity index (χ3n) is 8.14. The summed E-state index contributed by atoms with van der Waals surface area (Å²) < 4.78 is 30.4. The number of rotatable bonds is 8. The number of para-hydroxylation sites is 2. The van der Waals surface area contributed by atoms with Crippen LogP contribution >= 0.6 is 0 Å². The van der Waals surface area contributed by atoms with Crippen molar-refractivity contribution in [2.75, 3.05) is 24.5 Å². The third kappa shape index (κ3) is 7.42. The van der Waals surface area contributed by atoms with Gasteiger partial charge in [-0.1, -0.05) is 104 Å². The maximum atomic E-state index is 14.3. The van der Waals surface area contributed by atoms with Gasteiger partial charge in [0.25, 0.3) is 0 Å². The van der Waals surface area contributed by atoms with Gasteiger partial charge in [-0.3, -0.25) is 15.1 Å². The number of carbonyl (C=O) groups excluding carboxylic acids is 2. The summed E-state index contributed by atoms with van der Waals surface area (Å²) in [5.41, 5.74) is 9.61. The molecule has 3 amide bonds. The summed E-state index contributed by atoms with van der Waals surface area (Å²) in [6.45, 7) is 3.81. The molecule has 236 valence electrons. The summed E-state index contributed by atoms with van der Waals surface area (Å²) in [5, 5.41) is 2.49. The minimum atomic E-state index is -3.79. The van der Waals surface area contributed by atoms with Gasteiger partial charge in [0.1, 0.15) is 4.90 Å². The van der Waals surface area contributed by atoms with Gasteiger partial charge in [-0.05, 0) is 41.7 Å². The molecule has 0 saturated carbocycles. The molecular weight excluding hydrogens is 598 g/mol. The molecule has 2 heterocycles. The molecule has 2 atom stereocenters. The van der Waals surface area contributed by atoms with E-state index in [0.29, 0.717) is 31.6 Å². The number of imide groups is 1. The normalized spacial score (nSPS) is 15.8. The molecule has 2 unspecified atom stereocenters. The lowest BCUT2D eigenvalue weighted by Gasteiger charge is -2.43. The van der Waals surface area contributed by atoms with Crippen LogP contribution in [0, 0.1) is 0 Å². The van der Waals surface area contributed by atoms with Crippen LogP contribution in [0.1, 0.15) is 24.8 Å². The van der Waals surface area contributed by atoms with Gasteiger partial charge in [-0.2, -0.15) is 4.31 Å². The maximum absolute atomic E-state index is 14.3. The Hall–Kier alpha value is -5.06. The van der Waals surface area contributed by atoms with E-state index in [1.54, 1.807) is 21.9 Å². The van der Waals surface area contributed by atoms with Crippen LogP contribution in [0.3, 0.4) is 0 Å². The third-order valence-corrected chi connectivity index (χ3v) is 10.1. The molecule has 46 heavy (non-hydrogen) atoms. The predicted octanol–water partition coefficient (Wildman–Crippen LogP) is 5.79. The number of carbonyl (C=O) groups is 2. The summed E-state index contributed by atoms with van der Waals surface area (Å²) in [7, 11) is -3.79. The van der Waals surface area contributed by atoms with Crippen molar-refractivity contribution in [1.82, 2.24) is 14.6 Å². The number of nitrogens with two attached hydrogens (primary N) is 1. The zero-order valence-electron chi connectivity index (χ0n) is 25.6. The molecule has 5 aromatic rings. The van der Waals surface area contributed by atoms with Crippen LogP contribution in [0.4, 0.5) is 10.5 Å². The first-order valence-electron chi connectivity index (χ1n) is 15.1. The van der Waals surface area contributed by atoms with Crippen LogP contribution in [-0.4, -0.2) is 55.8 Å². The quantitative estimate of drug-likeness (QED) is 0.208. The van der Waals surface area contributed by atoms with E-state index in [4.69, 9.17) is 0 Å². The number of primary amides is 1. The monoisotopic (exact) mass is 635 g/mol. The van der Waals surface area contributed by atoms with Gasteiger partial charge in [0.2, 0.25) is 16.4 Å². The zero-order chi connectivity index (χ0) is 32.5. The minimum Gasteiger partial charge on any atom is -0.368 e. The van der Waals surface area contributed by atoms with Gasteiger partial charge in [0, 0.05) is 48.5 Å². The molecule has 1 saturated heterocycles. The van der Waals surface area contributed by atoms with Crippen molar-refractivity contribution in [2.45, 2.75) is 30.2 Å². The Morgan fingerprint density at radius 3 is 2.28 bits per heavy atom. The van der Waals surface area contributed by atoms with Crippen molar-refractivity contribution in [1.29, 1.82) is 0 Å². The number of nitrogens with zero attached hydrogens (tertiary/aromatic N) is 3. The van der Waals surface area contributed by atoms with Gasteiger partial charge in [0.15, 0.2) is 0 Å². The second-order valence-electron chi connectivity index (χ2n) is 11.1. The van der Waals surface area contributed by atoms with Gasteiger partial charge >= 0.3 is 6.03 Å². The van der Waals surface area contributed by atoms with Gasteiger partial charge in [0.05, 0.1) is 5.52 Å². The fourth-order valence-electron chi connectivity index (χ4n) is 5.97. The number of piperazine rings is 1. The van der Waals surface area contributed by atoms with E-state index in [2.05, 4.69) is 83.2 Å². The average molecular weight is 636 g/mol. The largest absolute Gasteiger partial charge is 0.368 e. The number of sulfonamides is 1. The minimum absolute atomic E-state index is 0.193. The van der Waals surface area contributed by atoms with Gasteiger partial charge < -0.3 is 10.6 Å².